The molecule has 1 atom stereocenters. The number of hydrogen-bond acceptors (Lipinski definition) is 2. The zero-order valence-electron chi connectivity index (χ0n) is 11.6. The topological polar surface area (TPSA) is 26.3 Å². The number of carbonyl (C=O) groups excluding carboxylic acids is 1. The normalized spacial score (nSPS) is 20.6. The van der Waals surface area contributed by atoms with Crippen molar-refractivity contribution in [2.45, 2.75) is 78.2 Å². The molecule has 1 aliphatic rings. The van der Waals surface area contributed by atoms with Crippen LogP contribution in [0.2, 0.25) is 0 Å². The summed E-state index contributed by atoms with van der Waals surface area (Å²) in [6.07, 6.45) is 8.95. The molecule has 0 aromatic heterocycles. The fraction of sp³-hybridized carbons (Fsp3) is 0.800. The van der Waals surface area contributed by atoms with E-state index in [0.29, 0.717) is 0 Å². The summed E-state index contributed by atoms with van der Waals surface area (Å²) in [4.78, 5) is 11.9. The van der Waals surface area contributed by atoms with Gasteiger partial charge < -0.3 is 4.74 Å². The molecule has 0 amide bonds. The summed E-state index contributed by atoms with van der Waals surface area (Å²) < 4.78 is 5.34. The molecule has 1 unspecified atom stereocenters. The average molecular weight is 238 g/mol. The van der Waals surface area contributed by atoms with E-state index in [0.717, 1.165) is 37.7 Å². The van der Waals surface area contributed by atoms with Gasteiger partial charge in [-0.25, -0.2) is 4.79 Å². The Bertz CT molecular complexity index is 279. The first kappa shape index (κ1) is 14.3. The number of esters is 1. The van der Waals surface area contributed by atoms with Gasteiger partial charge >= 0.3 is 5.97 Å². The van der Waals surface area contributed by atoms with Crippen LogP contribution in [0.15, 0.2) is 11.1 Å². The highest BCUT2D eigenvalue weighted by Crippen LogP contribution is 2.29. The summed E-state index contributed by atoms with van der Waals surface area (Å²) in [6, 6.07) is 0. The van der Waals surface area contributed by atoms with Crippen LogP contribution >= 0.6 is 0 Å². The molecule has 0 spiro atoms. The number of unbranched alkanes of at least 4 members (excludes halogenated alkanes) is 3. The van der Waals surface area contributed by atoms with Crippen LogP contribution in [0.1, 0.15) is 72.1 Å². The molecule has 0 radical (unpaired) electrons. The number of carbonyl (C=O) groups is 1. The van der Waals surface area contributed by atoms with Crippen LogP contribution in [0.4, 0.5) is 0 Å². The molecule has 1 aliphatic heterocycles. The van der Waals surface area contributed by atoms with Crippen LogP contribution in [0, 0.1) is 0 Å². The molecular weight excluding hydrogens is 212 g/mol. The molecule has 0 bridgehead atoms. The minimum Gasteiger partial charge on any atom is -0.459 e. The lowest BCUT2D eigenvalue weighted by Gasteiger charge is -2.25. The average Bonchev–Trinajstić information content (AvgIpc) is 2.28. The van der Waals surface area contributed by atoms with Crippen molar-refractivity contribution < 1.29 is 9.53 Å². The molecule has 2 nitrogen and oxygen atoms in total. The van der Waals surface area contributed by atoms with E-state index in [1.54, 1.807) is 0 Å². The highest BCUT2D eigenvalue weighted by molar-refractivity contribution is 5.90. The summed E-state index contributed by atoms with van der Waals surface area (Å²) >= 11 is 0. The lowest BCUT2D eigenvalue weighted by Crippen LogP contribution is -2.24. The van der Waals surface area contributed by atoms with Gasteiger partial charge in [-0.2, -0.15) is 0 Å². The molecule has 0 aromatic carbocycles. The Kier molecular flexibility index (Phi) is 6.31. The second kappa shape index (κ2) is 7.52. The molecule has 0 aliphatic carbocycles. The van der Waals surface area contributed by atoms with E-state index in [-0.39, 0.29) is 12.1 Å². The van der Waals surface area contributed by atoms with Gasteiger partial charge in [0.15, 0.2) is 0 Å². The summed E-state index contributed by atoms with van der Waals surface area (Å²) in [5.74, 6) is -0.0521. The van der Waals surface area contributed by atoms with Gasteiger partial charge in [0, 0.05) is 12.0 Å². The minimum absolute atomic E-state index is 0.0521. The third-order valence-electron chi connectivity index (χ3n) is 3.38. The molecule has 2 heteroatoms. The van der Waals surface area contributed by atoms with E-state index >= 15 is 0 Å². The molecule has 0 saturated carbocycles. The maximum Gasteiger partial charge on any atom is 0.334 e. The van der Waals surface area contributed by atoms with E-state index < -0.39 is 0 Å². The number of cyclic esters (lactones) is 1. The second-order valence-corrected chi connectivity index (χ2v) is 5.06. The van der Waals surface area contributed by atoms with E-state index in [1.165, 1.54) is 24.8 Å². The quantitative estimate of drug-likeness (QED) is 0.485. The number of rotatable bonds is 7. The standard InChI is InChI=1S/C15H26O2/c1-4-6-8-9-13-11-12(3)17-15(16)14(13)10-7-5-2/h12H,4-11H2,1-3H3. The first-order chi connectivity index (χ1) is 8.19. The van der Waals surface area contributed by atoms with Crippen molar-refractivity contribution in [1.82, 2.24) is 0 Å². The molecule has 0 N–H and O–H groups in total. The van der Waals surface area contributed by atoms with E-state index in [9.17, 15) is 4.79 Å². The fourth-order valence-corrected chi connectivity index (χ4v) is 2.38. The van der Waals surface area contributed by atoms with Crippen LogP contribution in [-0.4, -0.2) is 12.1 Å². The van der Waals surface area contributed by atoms with Crippen molar-refractivity contribution in [3.05, 3.63) is 11.1 Å². The lowest BCUT2D eigenvalue weighted by molar-refractivity contribution is -0.145. The second-order valence-electron chi connectivity index (χ2n) is 5.06. The van der Waals surface area contributed by atoms with Gasteiger partial charge in [-0.15, -0.1) is 0 Å². The molecule has 17 heavy (non-hydrogen) atoms. The van der Waals surface area contributed by atoms with Gasteiger partial charge in [-0.05, 0) is 32.6 Å². The highest BCUT2D eigenvalue weighted by atomic mass is 16.5. The smallest absolute Gasteiger partial charge is 0.334 e. The van der Waals surface area contributed by atoms with Gasteiger partial charge in [0.1, 0.15) is 6.10 Å². The van der Waals surface area contributed by atoms with Gasteiger partial charge in [-0.3, -0.25) is 0 Å². The predicted octanol–water partition coefficient (Wildman–Crippen LogP) is 4.39. The van der Waals surface area contributed by atoms with E-state index in [2.05, 4.69) is 13.8 Å². The summed E-state index contributed by atoms with van der Waals surface area (Å²) in [5, 5.41) is 0. The van der Waals surface area contributed by atoms with Gasteiger partial charge in [0.2, 0.25) is 0 Å². The molecule has 0 fully saturated rings. The third kappa shape index (κ3) is 4.53. The highest BCUT2D eigenvalue weighted by Gasteiger charge is 2.25. The van der Waals surface area contributed by atoms with Crippen molar-refractivity contribution in [1.29, 1.82) is 0 Å². The van der Waals surface area contributed by atoms with Gasteiger partial charge in [0.05, 0.1) is 0 Å². The van der Waals surface area contributed by atoms with Gasteiger partial charge in [0.25, 0.3) is 0 Å². The summed E-state index contributed by atoms with van der Waals surface area (Å²) in [6.45, 7) is 6.37. The first-order valence-electron chi connectivity index (χ1n) is 7.10. The molecule has 98 valence electrons. The Morgan fingerprint density at radius 3 is 2.47 bits per heavy atom. The van der Waals surface area contributed by atoms with Crippen LogP contribution in [0.5, 0.6) is 0 Å². The van der Waals surface area contributed by atoms with Crippen molar-refractivity contribution in [3.63, 3.8) is 0 Å². The lowest BCUT2D eigenvalue weighted by atomic mass is 9.92. The number of ether oxygens (including phenoxy) is 1. The van der Waals surface area contributed by atoms with Crippen LogP contribution < -0.4 is 0 Å². The Labute approximate surface area is 105 Å². The maximum atomic E-state index is 11.9. The number of hydrogen-bond donors (Lipinski definition) is 0. The molecule has 1 rings (SSSR count). The Morgan fingerprint density at radius 1 is 1.12 bits per heavy atom. The molecule has 1 heterocycles. The maximum absolute atomic E-state index is 11.9. The predicted molar refractivity (Wildman–Crippen MR) is 70.9 cm³/mol. The Balaban J connectivity index is 2.67. The molecule has 0 saturated heterocycles. The van der Waals surface area contributed by atoms with Crippen LogP contribution in [0.25, 0.3) is 0 Å². The van der Waals surface area contributed by atoms with E-state index in [4.69, 9.17) is 4.74 Å². The van der Waals surface area contributed by atoms with Crippen LogP contribution in [0.3, 0.4) is 0 Å². The third-order valence-corrected chi connectivity index (χ3v) is 3.38. The largest absolute Gasteiger partial charge is 0.459 e. The Hall–Kier alpha value is -0.790. The monoisotopic (exact) mass is 238 g/mol. The van der Waals surface area contributed by atoms with Crippen molar-refractivity contribution >= 4 is 5.97 Å². The van der Waals surface area contributed by atoms with Crippen LogP contribution in [-0.2, 0) is 9.53 Å². The molecule has 0 aromatic rings. The fourth-order valence-electron chi connectivity index (χ4n) is 2.38. The van der Waals surface area contributed by atoms with Crippen molar-refractivity contribution in [2.24, 2.45) is 0 Å². The Morgan fingerprint density at radius 2 is 1.82 bits per heavy atom. The summed E-state index contributed by atoms with van der Waals surface area (Å²) in [5.41, 5.74) is 2.36. The SMILES string of the molecule is CCCCCC1=C(CCCC)C(=O)OC(C)C1. The van der Waals surface area contributed by atoms with E-state index in [1.807, 2.05) is 6.92 Å². The summed E-state index contributed by atoms with van der Waals surface area (Å²) in [7, 11) is 0. The zero-order valence-corrected chi connectivity index (χ0v) is 11.6. The van der Waals surface area contributed by atoms with Crippen molar-refractivity contribution in [3.8, 4) is 0 Å². The zero-order chi connectivity index (χ0) is 12.7. The minimum atomic E-state index is -0.0521. The first-order valence-corrected chi connectivity index (χ1v) is 7.10. The van der Waals surface area contributed by atoms with Gasteiger partial charge in [-0.1, -0.05) is 38.7 Å². The molecular formula is C15H26O2. The van der Waals surface area contributed by atoms with Crippen molar-refractivity contribution in [2.75, 3.05) is 0 Å².